The van der Waals surface area contributed by atoms with Crippen LogP contribution in [-0.2, 0) is 0 Å². The monoisotopic (exact) mass is 610 g/mol. The van der Waals surface area contributed by atoms with Gasteiger partial charge in [0, 0.05) is 44.9 Å². The number of pyridine rings is 4. The summed E-state index contributed by atoms with van der Waals surface area (Å²) in [5.41, 5.74) is 11.4. The van der Waals surface area contributed by atoms with Gasteiger partial charge in [0.2, 0.25) is 0 Å². The molecule has 10 rings (SSSR count). The Morgan fingerprint density at radius 1 is 0.333 bits per heavy atom. The summed E-state index contributed by atoms with van der Waals surface area (Å²) in [5, 5.41) is 7.90. The molecule has 0 radical (unpaired) electrons. The predicted octanol–water partition coefficient (Wildman–Crippen LogP) is 11.2. The van der Waals surface area contributed by atoms with Gasteiger partial charge < -0.3 is 0 Å². The van der Waals surface area contributed by atoms with E-state index in [2.05, 4.69) is 132 Å². The molecule has 0 N–H and O–H groups in total. The van der Waals surface area contributed by atoms with Crippen molar-refractivity contribution in [3.05, 3.63) is 158 Å². The summed E-state index contributed by atoms with van der Waals surface area (Å²) in [6.45, 7) is 0. The minimum absolute atomic E-state index is 0.922. The normalized spacial score (nSPS) is 11.8. The smallest absolute Gasteiger partial charge is 0.0972 e. The van der Waals surface area contributed by atoms with Crippen molar-refractivity contribution in [1.82, 2.24) is 19.9 Å². The summed E-state index contributed by atoms with van der Waals surface area (Å²) < 4.78 is 0. The molecule has 4 heterocycles. The number of aromatic nitrogens is 4. The minimum atomic E-state index is 0.922. The average molecular weight is 611 g/mol. The summed E-state index contributed by atoms with van der Waals surface area (Å²) in [4.78, 5) is 19.6. The predicted molar refractivity (Wildman–Crippen MR) is 199 cm³/mol. The van der Waals surface area contributed by atoms with E-state index >= 15 is 0 Å². The van der Waals surface area contributed by atoms with Crippen LogP contribution < -0.4 is 0 Å². The van der Waals surface area contributed by atoms with Gasteiger partial charge in [-0.05, 0) is 69.4 Å². The Hall–Kier alpha value is -6.52. The molecule has 4 aromatic heterocycles. The standard InChI is InChI=1S/C44H26N4/c1-4-12-39-31(7-1)25-32-26-38(37-11-6-24-46-44(37)43(32)47-39)36-21-20-33(34-9-2-3-10-35(34)36)27-13-15-28(16-14-27)40-22-19-30-18-17-29-8-5-23-45-41(29)42(30)48-40/h1-26H. The molecule has 48 heavy (non-hydrogen) atoms. The van der Waals surface area contributed by atoms with Gasteiger partial charge in [0.15, 0.2) is 0 Å². The molecular weight excluding hydrogens is 585 g/mol. The minimum Gasteiger partial charge on any atom is -0.254 e. The van der Waals surface area contributed by atoms with E-state index in [1.54, 1.807) is 0 Å². The second-order valence-corrected chi connectivity index (χ2v) is 12.3. The van der Waals surface area contributed by atoms with Crippen molar-refractivity contribution in [2.75, 3.05) is 0 Å². The Kier molecular flexibility index (Phi) is 5.84. The molecule has 0 fully saturated rings. The highest BCUT2D eigenvalue weighted by atomic mass is 14.8. The van der Waals surface area contributed by atoms with Gasteiger partial charge in [0.05, 0.1) is 33.3 Å². The lowest BCUT2D eigenvalue weighted by molar-refractivity contribution is 1.37. The molecule has 10 aromatic rings. The van der Waals surface area contributed by atoms with Gasteiger partial charge in [-0.25, -0.2) is 9.97 Å². The molecule has 4 nitrogen and oxygen atoms in total. The van der Waals surface area contributed by atoms with E-state index in [4.69, 9.17) is 15.0 Å². The van der Waals surface area contributed by atoms with Crippen LogP contribution in [0, 0.1) is 0 Å². The van der Waals surface area contributed by atoms with Gasteiger partial charge >= 0.3 is 0 Å². The summed E-state index contributed by atoms with van der Waals surface area (Å²) >= 11 is 0. The summed E-state index contributed by atoms with van der Waals surface area (Å²) in [6.07, 6.45) is 3.69. The molecule has 222 valence electrons. The van der Waals surface area contributed by atoms with Crippen molar-refractivity contribution in [1.29, 1.82) is 0 Å². The first-order chi connectivity index (χ1) is 23.8. The number of benzene rings is 6. The molecule has 0 saturated carbocycles. The van der Waals surface area contributed by atoms with Crippen LogP contribution in [0.2, 0.25) is 0 Å². The molecule has 0 saturated heterocycles. The maximum Gasteiger partial charge on any atom is 0.0972 e. The molecule has 0 bridgehead atoms. The van der Waals surface area contributed by atoms with Crippen molar-refractivity contribution in [2.24, 2.45) is 0 Å². The Balaban J connectivity index is 1.10. The van der Waals surface area contributed by atoms with Crippen molar-refractivity contribution in [2.45, 2.75) is 0 Å². The van der Waals surface area contributed by atoms with Crippen LogP contribution >= 0.6 is 0 Å². The largest absolute Gasteiger partial charge is 0.254 e. The first-order valence-corrected chi connectivity index (χ1v) is 16.1. The van der Waals surface area contributed by atoms with Gasteiger partial charge in [0.1, 0.15) is 0 Å². The SMILES string of the molecule is c1ccc2nc3c(cc(-c4ccc(-c5ccc(-c6ccc7ccc8cccnc8c7n6)cc5)c5ccccc45)c4cccnc43)cc2c1. The molecule has 0 unspecified atom stereocenters. The van der Waals surface area contributed by atoms with Crippen LogP contribution in [0.25, 0.3) is 98.8 Å². The van der Waals surface area contributed by atoms with Gasteiger partial charge in [-0.15, -0.1) is 0 Å². The zero-order valence-corrected chi connectivity index (χ0v) is 25.8. The van der Waals surface area contributed by atoms with Crippen LogP contribution in [0.3, 0.4) is 0 Å². The summed E-state index contributed by atoms with van der Waals surface area (Å²) in [7, 11) is 0. The van der Waals surface area contributed by atoms with Crippen LogP contribution in [0.15, 0.2) is 158 Å². The second-order valence-electron chi connectivity index (χ2n) is 12.3. The van der Waals surface area contributed by atoms with Crippen molar-refractivity contribution >= 4 is 65.3 Å². The zero-order chi connectivity index (χ0) is 31.6. The highest BCUT2D eigenvalue weighted by Crippen LogP contribution is 2.41. The molecule has 0 aliphatic heterocycles. The van der Waals surface area contributed by atoms with Crippen LogP contribution in [-0.4, -0.2) is 19.9 Å². The lowest BCUT2D eigenvalue weighted by Gasteiger charge is -2.15. The highest BCUT2D eigenvalue weighted by molar-refractivity contribution is 6.16. The third kappa shape index (κ3) is 4.16. The summed E-state index contributed by atoms with van der Waals surface area (Å²) in [6, 6.07) is 51.4. The number of hydrogen-bond acceptors (Lipinski definition) is 4. The number of para-hydroxylation sites is 1. The highest BCUT2D eigenvalue weighted by Gasteiger charge is 2.16. The fourth-order valence-electron chi connectivity index (χ4n) is 7.19. The Morgan fingerprint density at radius 3 is 1.83 bits per heavy atom. The van der Waals surface area contributed by atoms with E-state index < -0.39 is 0 Å². The van der Waals surface area contributed by atoms with E-state index in [1.807, 2.05) is 30.6 Å². The van der Waals surface area contributed by atoms with E-state index in [0.717, 1.165) is 76.9 Å². The number of nitrogens with zero attached hydrogens (tertiary/aromatic N) is 4. The fraction of sp³-hybridized carbons (Fsp3) is 0. The molecule has 0 atom stereocenters. The molecule has 6 aromatic carbocycles. The van der Waals surface area contributed by atoms with Crippen LogP contribution in [0.4, 0.5) is 0 Å². The summed E-state index contributed by atoms with van der Waals surface area (Å²) in [5.74, 6) is 0. The number of hydrogen-bond donors (Lipinski definition) is 0. The molecule has 4 heteroatoms. The lowest BCUT2D eigenvalue weighted by atomic mass is 9.89. The van der Waals surface area contributed by atoms with Crippen molar-refractivity contribution in [3.8, 4) is 33.5 Å². The average Bonchev–Trinajstić information content (AvgIpc) is 3.16. The Labute approximate surface area is 276 Å². The first-order valence-electron chi connectivity index (χ1n) is 16.1. The number of rotatable bonds is 3. The maximum absolute atomic E-state index is 5.06. The first kappa shape index (κ1) is 26.7. The Bertz CT molecular complexity index is 2890. The molecule has 0 aliphatic carbocycles. The molecular formula is C44H26N4. The van der Waals surface area contributed by atoms with Gasteiger partial charge in [-0.2, -0.15) is 0 Å². The van der Waals surface area contributed by atoms with Crippen LogP contribution in [0.1, 0.15) is 0 Å². The van der Waals surface area contributed by atoms with E-state index in [9.17, 15) is 0 Å². The quantitative estimate of drug-likeness (QED) is 0.147. The molecule has 0 spiro atoms. The van der Waals surface area contributed by atoms with E-state index in [-0.39, 0.29) is 0 Å². The molecule has 0 amide bonds. The van der Waals surface area contributed by atoms with Gasteiger partial charge in [0.25, 0.3) is 0 Å². The number of fused-ring (bicyclic) bond motifs is 8. The fourth-order valence-corrected chi connectivity index (χ4v) is 7.19. The van der Waals surface area contributed by atoms with Gasteiger partial charge in [-0.1, -0.05) is 109 Å². The Morgan fingerprint density at radius 2 is 0.958 bits per heavy atom. The lowest BCUT2D eigenvalue weighted by Crippen LogP contribution is -1.92. The van der Waals surface area contributed by atoms with Crippen LogP contribution in [0.5, 0.6) is 0 Å². The topological polar surface area (TPSA) is 51.6 Å². The third-order valence-corrected chi connectivity index (χ3v) is 9.51. The zero-order valence-electron chi connectivity index (χ0n) is 25.8. The van der Waals surface area contributed by atoms with Crippen molar-refractivity contribution in [3.63, 3.8) is 0 Å². The van der Waals surface area contributed by atoms with E-state index in [1.165, 1.54) is 21.9 Å². The second kappa shape index (κ2) is 10.5. The van der Waals surface area contributed by atoms with Crippen molar-refractivity contribution < 1.29 is 0 Å². The maximum atomic E-state index is 5.06. The van der Waals surface area contributed by atoms with E-state index in [0.29, 0.717) is 0 Å². The third-order valence-electron chi connectivity index (χ3n) is 9.51. The molecule has 0 aliphatic rings. The van der Waals surface area contributed by atoms with Gasteiger partial charge in [-0.3, -0.25) is 9.97 Å².